The van der Waals surface area contributed by atoms with Gasteiger partial charge in [0, 0.05) is 26.1 Å². The van der Waals surface area contributed by atoms with Gasteiger partial charge in [-0.25, -0.2) is 0 Å². The molecule has 0 aliphatic carbocycles. The van der Waals surface area contributed by atoms with Crippen LogP contribution in [0, 0.1) is 0 Å². The standard InChI is InChI=1S/C23H30N2O5/c1-29-19-10-8-18(12-20(19)30-2)13-24-15-23(28)16-25(14-21(23)26)22(27)11-9-17-6-4-3-5-7-17/h3-8,10,12,21,24,26,28H,9,11,13-16H2,1-2H3/t21-,23+/m1/s1. The van der Waals surface area contributed by atoms with Gasteiger partial charge in [-0.05, 0) is 29.7 Å². The Labute approximate surface area is 177 Å². The molecule has 0 unspecified atom stereocenters. The molecule has 0 radical (unpaired) electrons. The smallest absolute Gasteiger partial charge is 0.223 e. The Morgan fingerprint density at radius 2 is 1.87 bits per heavy atom. The second-order valence-electron chi connectivity index (χ2n) is 7.67. The van der Waals surface area contributed by atoms with E-state index in [0.717, 1.165) is 11.1 Å². The van der Waals surface area contributed by atoms with Crippen molar-refractivity contribution in [2.75, 3.05) is 33.9 Å². The average Bonchev–Trinajstić information content (AvgIpc) is 3.07. The van der Waals surface area contributed by atoms with Gasteiger partial charge in [-0.15, -0.1) is 0 Å². The summed E-state index contributed by atoms with van der Waals surface area (Å²) in [6.07, 6.45) is 0.00444. The molecule has 1 aliphatic rings. The van der Waals surface area contributed by atoms with Gasteiger partial charge >= 0.3 is 0 Å². The number of methoxy groups -OCH3 is 2. The zero-order chi connectivity index (χ0) is 21.6. The maximum Gasteiger partial charge on any atom is 0.223 e. The molecule has 2 atom stereocenters. The van der Waals surface area contributed by atoms with E-state index in [9.17, 15) is 15.0 Å². The molecule has 0 aromatic heterocycles. The van der Waals surface area contributed by atoms with Crippen molar-refractivity contribution in [1.29, 1.82) is 0 Å². The summed E-state index contributed by atoms with van der Waals surface area (Å²) >= 11 is 0. The van der Waals surface area contributed by atoms with Gasteiger partial charge in [0.2, 0.25) is 5.91 Å². The summed E-state index contributed by atoms with van der Waals surface area (Å²) in [4.78, 5) is 14.1. The van der Waals surface area contributed by atoms with E-state index in [1.54, 1.807) is 19.1 Å². The molecule has 7 nitrogen and oxygen atoms in total. The molecule has 7 heteroatoms. The first-order chi connectivity index (χ1) is 14.4. The average molecular weight is 415 g/mol. The topological polar surface area (TPSA) is 91.3 Å². The Bertz CT molecular complexity index is 845. The number of amides is 1. The number of ether oxygens (including phenoxy) is 2. The number of hydrogen-bond acceptors (Lipinski definition) is 6. The molecule has 0 bridgehead atoms. The molecule has 1 heterocycles. The maximum absolute atomic E-state index is 12.5. The molecule has 162 valence electrons. The number of hydrogen-bond donors (Lipinski definition) is 3. The van der Waals surface area contributed by atoms with Gasteiger partial charge in [0.15, 0.2) is 11.5 Å². The van der Waals surface area contributed by atoms with Crippen LogP contribution in [0.5, 0.6) is 11.5 Å². The fourth-order valence-corrected chi connectivity index (χ4v) is 3.71. The van der Waals surface area contributed by atoms with Gasteiger partial charge in [-0.2, -0.15) is 0 Å². The second-order valence-corrected chi connectivity index (χ2v) is 7.67. The number of β-amino-alcohol motifs (C(OH)–C–C–N with tert-alkyl or cyclic N) is 2. The van der Waals surface area contributed by atoms with Crippen LogP contribution >= 0.6 is 0 Å². The van der Waals surface area contributed by atoms with Crippen molar-refractivity contribution < 1.29 is 24.5 Å². The van der Waals surface area contributed by atoms with Gasteiger partial charge in [-0.1, -0.05) is 36.4 Å². The summed E-state index contributed by atoms with van der Waals surface area (Å²) in [5.74, 6) is 1.22. The lowest BCUT2D eigenvalue weighted by Gasteiger charge is -2.26. The van der Waals surface area contributed by atoms with Crippen LogP contribution in [0.3, 0.4) is 0 Å². The summed E-state index contributed by atoms with van der Waals surface area (Å²) in [6, 6.07) is 15.4. The first kappa shape index (κ1) is 22.1. The van der Waals surface area contributed by atoms with Crippen molar-refractivity contribution in [2.24, 2.45) is 0 Å². The number of aliphatic hydroxyl groups is 2. The predicted octanol–water partition coefficient (Wildman–Crippen LogP) is 1.36. The second kappa shape index (κ2) is 9.93. The van der Waals surface area contributed by atoms with Crippen molar-refractivity contribution in [2.45, 2.75) is 31.1 Å². The van der Waals surface area contributed by atoms with E-state index in [2.05, 4.69) is 5.32 Å². The molecule has 3 rings (SSSR count). The number of nitrogens with one attached hydrogen (secondary N) is 1. The van der Waals surface area contributed by atoms with Crippen LogP contribution in [0.1, 0.15) is 17.5 Å². The SMILES string of the molecule is COc1ccc(CNC[C@]2(O)CN(C(=O)CCc3ccccc3)C[C@H]2O)cc1OC. The number of carbonyl (C=O) groups is 1. The molecular weight excluding hydrogens is 384 g/mol. The van der Waals surface area contributed by atoms with E-state index in [4.69, 9.17) is 9.47 Å². The number of benzene rings is 2. The predicted molar refractivity (Wildman–Crippen MR) is 114 cm³/mol. The fourth-order valence-electron chi connectivity index (χ4n) is 3.71. The summed E-state index contributed by atoms with van der Waals surface area (Å²) in [5.41, 5.74) is 0.677. The summed E-state index contributed by atoms with van der Waals surface area (Å²) < 4.78 is 10.5. The summed E-state index contributed by atoms with van der Waals surface area (Å²) in [7, 11) is 3.16. The molecular formula is C23H30N2O5. The van der Waals surface area contributed by atoms with Gasteiger partial charge in [-0.3, -0.25) is 4.79 Å². The molecule has 0 saturated carbocycles. The lowest BCUT2D eigenvalue weighted by molar-refractivity contribution is -0.131. The minimum atomic E-state index is -1.38. The number of carbonyl (C=O) groups excluding carboxylic acids is 1. The normalized spacial score (nSPS) is 20.9. The highest BCUT2D eigenvalue weighted by Gasteiger charge is 2.45. The Balaban J connectivity index is 1.50. The summed E-state index contributed by atoms with van der Waals surface area (Å²) in [5, 5.41) is 24.4. The Morgan fingerprint density at radius 1 is 1.13 bits per heavy atom. The van der Waals surface area contributed by atoms with Crippen LogP contribution in [0.25, 0.3) is 0 Å². The summed E-state index contributed by atoms with van der Waals surface area (Å²) in [6.45, 7) is 0.908. The van der Waals surface area contributed by atoms with E-state index >= 15 is 0 Å². The van der Waals surface area contributed by atoms with Crippen molar-refractivity contribution in [3.8, 4) is 11.5 Å². The van der Waals surface area contributed by atoms with Crippen molar-refractivity contribution in [3.63, 3.8) is 0 Å². The van der Waals surface area contributed by atoms with Crippen LogP contribution in [0.4, 0.5) is 0 Å². The molecule has 1 aliphatic heterocycles. The lowest BCUT2D eigenvalue weighted by atomic mass is 10.0. The van der Waals surface area contributed by atoms with Crippen LogP contribution in [-0.2, 0) is 17.8 Å². The molecule has 2 aromatic carbocycles. The quantitative estimate of drug-likeness (QED) is 0.574. The molecule has 1 saturated heterocycles. The van der Waals surface area contributed by atoms with E-state index in [0.29, 0.717) is 30.9 Å². The molecule has 1 amide bonds. The van der Waals surface area contributed by atoms with Gasteiger partial charge in [0.1, 0.15) is 11.7 Å². The first-order valence-corrected chi connectivity index (χ1v) is 10.1. The fraction of sp³-hybridized carbons (Fsp3) is 0.435. The number of nitrogens with zero attached hydrogens (tertiary/aromatic N) is 1. The largest absolute Gasteiger partial charge is 0.493 e. The van der Waals surface area contributed by atoms with Crippen LogP contribution in [0.15, 0.2) is 48.5 Å². The van der Waals surface area contributed by atoms with Crippen LogP contribution < -0.4 is 14.8 Å². The van der Waals surface area contributed by atoms with Crippen LogP contribution in [-0.4, -0.2) is 66.6 Å². The Morgan fingerprint density at radius 3 is 2.57 bits per heavy atom. The van der Waals surface area contributed by atoms with Crippen LogP contribution in [0.2, 0.25) is 0 Å². The molecule has 0 spiro atoms. The minimum Gasteiger partial charge on any atom is -0.493 e. The number of likely N-dealkylation sites (tertiary alicyclic amines) is 1. The highest BCUT2D eigenvalue weighted by molar-refractivity contribution is 5.77. The third-order valence-electron chi connectivity index (χ3n) is 5.51. The molecule has 1 fully saturated rings. The van der Waals surface area contributed by atoms with Crippen molar-refractivity contribution in [3.05, 3.63) is 59.7 Å². The number of aliphatic hydroxyl groups excluding tert-OH is 1. The van der Waals surface area contributed by atoms with Gasteiger partial charge in [0.25, 0.3) is 0 Å². The number of rotatable bonds is 9. The van der Waals surface area contributed by atoms with E-state index in [-0.39, 0.29) is 25.5 Å². The van der Waals surface area contributed by atoms with Gasteiger partial charge in [0.05, 0.1) is 20.8 Å². The molecule has 30 heavy (non-hydrogen) atoms. The van der Waals surface area contributed by atoms with E-state index < -0.39 is 11.7 Å². The highest BCUT2D eigenvalue weighted by atomic mass is 16.5. The van der Waals surface area contributed by atoms with Crippen molar-refractivity contribution >= 4 is 5.91 Å². The van der Waals surface area contributed by atoms with Gasteiger partial charge < -0.3 is 29.9 Å². The first-order valence-electron chi connectivity index (χ1n) is 10.1. The third-order valence-corrected chi connectivity index (χ3v) is 5.51. The Kier molecular flexibility index (Phi) is 7.31. The molecule has 3 N–H and O–H groups in total. The van der Waals surface area contributed by atoms with E-state index in [1.807, 2.05) is 48.5 Å². The van der Waals surface area contributed by atoms with Crippen molar-refractivity contribution in [1.82, 2.24) is 10.2 Å². The highest BCUT2D eigenvalue weighted by Crippen LogP contribution is 2.28. The monoisotopic (exact) mass is 414 g/mol. The zero-order valence-corrected chi connectivity index (χ0v) is 17.5. The Hall–Kier alpha value is -2.61. The lowest BCUT2D eigenvalue weighted by Crippen LogP contribution is -2.50. The third kappa shape index (κ3) is 5.30. The zero-order valence-electron chi connectivity index (χ0n) is 17.5. The molecule has 2 aromatic rings. The maximum atomic E-state index is 12.5. The van der Waals surface area contributed by atoms with E-state index in [1.165, 1.54) is 0 Å². The minimum absolute atomic E-state index is 0.0614. The number of aryl methyl sites for hydroxylation is 1.